The Morgan fingerprint density at radius 1 is 1.14 bits per heavy atom. The van der Waals surface area contributed by atoms with E-state index in [0.717, 1.165) is 23.0 Å². The fourth-order valence-corrected chi connectivity index (χ4v) is 3.18. The van der Waals surface area contributed by atoms with Crippen LogP contribution in [-0.4, -0.2) is 15.5 Å². The summed E-state index contributed by atoms with van der Waals surface area (Å²) in [6.45, 7) is 2.01. The molecule has 0 aliphatic carbocycles. The standard InChI is InChI=1S/C21H16F3N3O2/c1-13-19(25-12-29-13)20(28)26-17-11-27(18-5-3-2-4-16(17)18)10-14-6-8-15(9-7-14)21(22,23)24/h2-9,11-12H,10H2,1H3,(H,26,28). The SMILES string of the molecule is Cc1ocnc1C(=O)Nc1cn(Cc2ccc(C(F)(F)F)cc2)c2ccccc12. The zero-order valence-corrected chi connectivity index (χ0v) is 15.3. The molecule has 1 N–H and O–H groups in total. The number of anilines is 1. The Balaban J connectivity index is 1.64. The number of nitrogens with zero attached hydrogens (tertiary/aromatic N) is 2. The molecule has 2 aromatic heterocycles. The van der Waals surface area contributed by atoms with Gasteiger partial charge in [-0.1, -0.05) is 30.3 Å². The van der Waals surface area contributed by atoms with Crippen LogP contribution in [0.2, 0.25) is 0 Å². The number of benzene rings is 2. The van der Waals surface area contributed by atoms with Crippen LogP contribution < -0.4 is 5.32 Å². The molecule has 0 aliphatic heterocycles. The zero-order chi connectivity index (χ0) is 20.6. The molecule has 0 radical (unpaired) electrons. The van der Waals surface area contributed by atoms with E-state index in [0.29, 0.717) is 23.6 Å². The molecule has 1 amide bonds. The van der Waals surface area contributed by atoms with E-state index in [-0.39, 0.29) is 5.69 Å². The van der Waals surface area contributed by atoms with Gasteiger partial charge in [-0.15, -0.1) is 0 Å². The molecule has 2 aromatic carbocycles. The van der Waals surface area contributed by atoms with E-state index in [1.54, 1.807) is 13.1 Å². The van der Waals surface area contributed by atoms with Gasteiger partial charge in [0.1, 0.15) is 5.76 Å². The van der Waals surface area contributed by atoms with Crippen molar-refractivity contribution in [3.8, 4) is 0 Å². The molecule has 2 heterocycles. The maximum absolute atomic E-state index is 12.8. The topological polar surface area (TPSA) is 60.1 Å². The van der Waals surface area contributed by atoms with Gasteiger partial charge in [-0.2, -0.15) is 13.2 Å². The van der Waals surface area contributed by atoms with Crippen molar-refractivity contribution >= 4 is 22.5 Å². The molecule has 4 aromatic rings. The second kappa shape index (κ2) is 7.12. The quantitative estimate of drug-likeness (QED) is 0.509. The number of fused-ring (bicyclic) bond motifs is 1. The minimum atomic E-state index is -4.37. The molecule has 0 atom stereocenters. The van der Waals surface area contributed by atoms with Crippen LogP contribution in [0.5, 0.6) is 0 Å². The lowest BCUT2D eigenvalue weighted by Crippen LogP contribution is -2.13. The first kappa shape index (κ1) is 18.8. The third-order valence-electron chi connectivity index (χ3n) is 4.63. The van der Waals surface area contributed by atoms with Gasteiger partial charge < -0.3 is 14.3 Å². The molecule has 0 spiro atoms. The van der Waals surface area contributed by atoms with Gasteiger partial charge in [-0.05, 0) is 30.7 Å². The summed E-state index contributed by atoms with van der Waals surface area (Å²) in [7, 11) is 0. The van der Waals surface area contributed by atoms with Crippen LogP contribution in [-0.2, 0) is 12.7 Å². The molecule has 0 saturated heterocycles. The first-order chi connectivity index (χ1) is 13.8. The molecule has 5 nitrogen and oxygen atoms in total. The summed E-state index contributed by atoms with van der Waals surface area (Å²) < 4.78 is 45.3. The third kappa shape index (κ3) is 3.73. The number of hydrogen-bond acceptors (Lipinski definition) is 3. The number of carbonyl (C=O) groups is 1. The van der Waals surface area contributed by atoms with Gasteiger partial charge >= 0.3 is 6.18 Å². The van der Waals surface area contributed by atoms with Crippen LogP contribution in [0.15, 0.2) is 65.5 Å². The summed E-state index contributed by atoms with van der Waals surface area (Å²) in [6, 6.07) is 12.5. The first-order valence-corrected chi connectivity index (χ1v) is 8.78. The fourth-order valence-electron chi connectivity index (χ4n) is 3.18. The molecule has 29 heavy (non-hydrogen) atoms. The second-order valence-corrected chi connectivity index (χ2v) is 6.59. The molecule has 0 saturated carbocycles. The van der Waals surface area contributed by atoms with Crippen LogP contribution in [0.4, 0.5) is 18.9 Å². The third-order valence-corrected chi connectivity index (χ3v) is 4.63. The van der Waals surface area contributed by atoms with E-state index in [9.17, 15) is 18.0 Å². The number of rotatable bonds is 4. The number of para-hydroxylation sites is 1. The average molecular weight is 399 g/mol. The van der Waals surface area contributed by atoms with Crippen LogP contribution in [0.3, 0.4) is 0 Å². The van der Waals surface area contributed by atoms with E-state index in [1.165, 1.54) is 18.5 Å². The Hall–Kier alpha value is -3.55. The van der Waals surface area contributed by atoms with E-state index in [2.05, 4.69) is 10.3 Å². The van der Waals surface area contributed by atoms with Crippen molar-refractivity contribution in [3.05, 3.63) is 83.7 Å². The van der Waals surface area contributed by atoms with Crippen LogP contribution in [0, 0.1) is 6.92 Å². The smallest absolute Gasteiger partial charge is 0.416 e. The number of oxazole rings is 1. The Morgan fingerprint density at radius 3 is 2.52 bits per heavy atom. The maximum atomic E-state index is 12.8. The van der Waals surface area contributed by atoms with E-state index in [4.69, 9.17) is 4.42 Å². The normalized spacial score (nSPS) is 11.7. The number of aryl methyl sites for hydroxylation is 1. The highest BCUT2D eigenvalue weighted by molar-refractivity contribution is 6.08. The number of hydrogen-bond donors (Lipinski definition) is 1. The van der Waals surface area contributed by atoms with Crippen molar-refractivity contribution < 1.29 is 22.4 Å². The molecular weight excluding hydrogens is 383 g/mol. The zero-order valence-electron chi connectivity index (χ0n) is 15.3. The van der Waals surface area contributed by atoms with E-state index >= 15 is 0 Å². The highest BCUT2D eigenvalue weighted by atomic mass is 19.4. The van der Waals surface area contributed by atoms with Crippen LogP contribution >= 0.6 is 0 Å². The largest absolute Gasteiger partial charge is 0.448 e. The monoisotopic (exact) mass is 399 g/mol. The lowest BCUT2D eigenvalue weighted by Gasteiger charge is -2.09. The van der Waals surface area contributed by atoms with Crippen molar-refractivity contribution in [1.29, 1.82) is 0 Å². The van der Waals surface area contributed by atoms with Gasteiger partial charge in [-0.3, -0.25) is 4.79 Å². The maximum Gasteiger partial charge on any atom is 0.416 e. The Morgan fingerprint density at radius 2 is 1.86 bits per heavy atom. The number of alkyl halides is 3. The second-order valence-electron chi connectivity index (χ2n) is 6.59. The Bertz CT molecular complexity index is 1170. The average Bonchev–Trinajstić information content (AvgIpc) is 3.26. The molecule has 0 fully saturated rings. The fraction of sp³-hybridized carbons (Fsp3) is 0.143. The summed E-state index contributed by atoms with van der Waals surface area (Å²) in [5, 5.41) is 3.65. The molecule has 0 aliphatic rings. The Kier molecular flexibility index (Phi) is 4.62. The lowest BCUT2D eigenvalue weighted by molar-refractivity contribution is -0.137. The summed E-state index contributed by atoms with van der Waals surface area (Å²) >= 11 is 0. The number of amides is 1. The van der Waals surface area contributed by atoms with E-state index in [1.807, 2.05) is 28.8 Å². The lowest BCUT2D eigenvalue weighted by atomic mass is 10.1. The molecule has 148 valence electrons. The van der Waals surface area contributed by atoms with Crippen molar-refractivity contribution in [2.45, 2.75) is 19.6 Å². The van der Waals surface area contributed by atoms with Crippen molar-refractivity contribution in [2.75, 3.05) is 5.32 Å². The molecule has 8 heteroatoms. The van der Waals surface area contributed by atoms with Gasteiger partial charge in [0.25, 0.3) is 5.91 Å². The van der Waals surface area contributed by atoms with E-state index < -0.39 is 17.6 Å². The summed E-state index contributed by atoms with van der Waals surface area (Å²) in [4.78, 5) is 16.4. The minimum absolute atomic E-state index is 0.199. The molecule has 0 unspecified atom stereocenters. The Labute approximate surface area is 163 Å². The van der Waals surface area contributed by atoms with Crippen LogP contribution in [0.25, 0.3) is 10.9 Å². The van der Waals surface area contributed by atoms with Gasteiger partial charge in [0.15, 0.2) is 12.1 Å². The highest BCUT2D eigenvalue weighted by Gasteiger charge is 2.29. The summed E-state index contributed by atoms with van der Waals surface area (Å²) in [5.74, 6) is 0.0182. The summed E-state index contributed by atoms with van der Waals surface area (Å²) in [5.41, 5.74) is 1.66. The number of nitrogens with one attached hydrogen (secondary N) is 1. The molecule has 4 rings (SSSR count). The van der Waals surface area contributed by atoms with Gasteiger partial charge in [-0.25, -0.2) is 4.98 Å². The minimum Gasteiger partial charge on any atom is -0.448 e. The van der Waals surface area contributed by atoms with Crippen molar-refractivity contribution in [2.24, 2.45) is 0 Å². The number of aromatic nitrogens is 2. The van der Waals surface area contributed by atoms with Crippen molar-refractivity contribution in [1.82, 2.24) is 9.55 Å². The molecular formula is C21H16F3N3O2. The predicted molar refractivity (Wildman–Crippen MR) is 102 cm³/mol. The van der Waals surface area contributed by atoms with Crippen molar-refractivity contribution in [3.63, 3.8) is 0 Å². The predicted octanol–water partition coefficient (Wildman–Crippen LogP) is 5.26. The highest BCUT2D eigenvalue weighted by Crippen LogP contribution is 2.30. The molecule has 0 bridgehead atoms. The first-order valence-electron chi connectivity index (χ1n) is 8.78. The van der Waals surface area contributed by atoms with Gasteiger partial charge in [0.2, 0.25) is 0 Å². The van der Waals surface area contributed by atoms with Gasteiger partial charge in [0.05, 0.1) is 16.8 Å². The number of carbonyl (C=O) groups excluding carboxylic acids is 1. The van der Waals surface area contributed by atoms with Crippen LogP contribution in [0.1, 0.15) is 27.4 Å². The summed E-state index contributed by atoms with van der Waals surface area (Å²) in [6.07, 6.45) is -1.40. The van der Waals surface area contributed by atoms with Gasteiger partial charge in [0, 0.05) is 18.1 Å². The number of halogens is 3.